The lowest BCUT2D eigenvalue weighted by Gasteiger charge is -2.41. The predicted molar refractivity (Wildman–Crippen MR) is 129 cm³/mol. The highest BCUT2D eigenvalue weighted by Gasteiger charge is 2.31. The summed E-state index contributed by atoms with van der Waals surface area (Å²) in [5, 5.41) is 17.4. The van der Waals surface area contributed by atoms with E-state index in [2.05, 4.69) is 27.1 Å². The van der Waals surface area contributed by atoms with E-state index in [4.69, 9.17) is 4.42 Å². The lowest BCUT2D eigenvalue weighted by Crippen LogP contribution is -2.53. The number of aliphatic imine (C=N–C) groups is 1. The summed E-state index contributed by atoms with van der Waals surface area (Å²) in [6.45, 7) is 9.44. The Kier molecular flexibility index (Phi) is 10.5. The second-order valence-corrected chi connectivity index (χ2v) is 8.25. The predicted octanol–water partition coefficient (Wildman–Crippen LogP) is 3.32. The van der Waals surface area contributed by atoms with Crippen molar-refractivity contribution in [1.82, 2.24) is 15.5 Å². The summed E-state index contributed by atoms with van der Waals surface area (Å²) in [6, 6.07) is 4.69. The van der Waals surface area contributed by atoms with Gasteiger partial charge in [-0.2, -0.15) is 0 Å². The summed E-state index contributed by atoms with van der Waals surface area (Å²) in [6.07, 6.45) is 9.07. The number of nitrogens with one attached hydrogen (secondary N) is 2. The summed E-state index contributed by atoms with van der Waals surface area (Å²) < 4.78 is 5.40. The zero-order valence-electron chi connectivity index (χ0n) is 17.6. The number of halogens is 1. The van der Waals surface area contributed by atoms with E-state index in [9.17, 15) is 5.11 Å². The molecule has 1 saturated carbocycles. The van der Waals surface area contributed by atoms with Gasteiger partial charge in [-0.25, -0.2) is 4.99 Å². The smallest absolute Gasteiger partial charge is 0.191 e. The van der Waals surface area contributed by atoms with E-state index in [1.54, 1.807) is 6.26 Å². The molecule has 3 N–H and O–H groups in total. The lowest BCUT2D eigenvalue weighted by molar-refractivity contribution is 0.00810. The first-order chi connectivity index (χ1) is 13.6. The van der Waals surface area contributed by atoms with Gasteiger partial charge in [0.25, 0.3) is 0 Å². The minimum atomic E-state index is -0.144. The minimum Gasteiger partial charge on any atom is -0.469 e. The Morgan fingerprint density at radius 2 is 2.03 bits per heavy atom. The molecule has 1 aliphatic heterocycles. The first kappa shape index (κ1) is 24.2. The fraction of sp³-hybridized carbons (Fsp3) is 0.682. The molecule has 0 amide bonds. The Morgan fingerprint density at radius 3 is 2.69 bits per heavy atom. The summed E-state index contributed by atoms with van der Waals surface area (Å²) >= 11 is 0. The van der Waals surface area contributed by atoms with Crippen molar-refractivity contribution in [3.05, 3.63) is 36.3 Å². The molecule has 0 aromatic carbocycles. The molecule has 1 aliphatic carbocycles. The second kappa shape index (κ2) is 12.6. The quantitative estimate of drug-likeness (QED) is 0.225. The van der Waals surface area contributed by atoms with Crippen molar-refractivity contribution in [2.24, 2.45) is 4.99 Å². The maximum atomic E-state index is 10.3. The Hall–Kier alpha value is -1.06. The van der Waals surface area contributed by atoms with Gasteiger partial charge in [0.05, 0.1) is 18.9 Å². The first-order valence-electron chi connectivity index (χ1n) is 10.8. The topological polar surface area (TPSA) is 73.0 Å². The van der Waals surface area contributed by atoms with E-state index >= 15 is 0 Å². The first-order valence-corrected chi connectivity index (χ1v) is 10.8. The number of furan rings is 1. The maximum absolute atomic E-state index is 10.3. The second-order valence-electron chi connectivity index (χ2n) is 8.25. The van der Waals surface area contributed by atoms with Crippen LogP contribution >= 0.6 is 24.0 Å². The van der Waals surface area contributed by atoms with Gasteiger partial charge in [0, 0.05) is 38.1 Å². The van der Waals surface area contributed by atoms with Crippen LogP contribution in [0.5, 0.6) is 0 Å². The molecule has 1 aromatic heterocycles. The number of likely N-dealkylation sites (tertiary alicyclic amines) is 1. The van der Waals surface area contributed by atoms with Crippen molar-refractivity contribution in [2.75, 3.05) is 26.2 Å². The van der Waals surface area contributed by atoms with Crippen molar-refractivity contribution in [3.63, 3.8) is 0 Å². The van der Waals surface area contributed by atoms with Gasteiger partial charge in [-0.15, -0.1) is 24.0 Å². The summed E-state index contributed by atoms with van der Waals surface area (Å²) in [7, 11) is 0. The van der Waals surface area contributed by atoms with Gasteiger partial charge in [0.15, 0.2) is 5.96 Å². The van der Waals surface area contributed by atoms with E-state index in [1.807, 2.05) is 19.1 Å². The molecule has 1 aromatic rings. The fourth-order valence-electron chi connectivity index (χ4n) is 4.21. The van der Waals surface area contributed by atoms with E-state index in [0.29, 0.717) is 18.6 Å². The monoisotopic (exact) mass is 516 g/mol. The number of nitrogens with zero attached hydrogens (tertiary/aromatic N) is 2. The Balaban J connectivity index is 0.00000300. The number of hydrogen-bond acceptors (Lipinski definition) is 4. The third-order valence-electron chi connectivity index (χ3n) is 5.78. The highest BCUT2D eigenvalue weighted by atomic mass is 127. The van der Waals surface area contributed by atoms with E-state index < -0.39 is 0 Å². The van der Waals surface area contributed by atoms with E-state index in [-0.39, 0.29) is 30.1 Å². The molecule has 2 heterocycles. The molecule has 2 atom stereocenters. The van der Waals surface area contributed by atoms with Crippen molar-refractivity contribution in [1.29, 1.82) is 0 Å². The van der Waals surface area contributed by atoms with Gasteiger partial charge < -0.3 is 20.2 Å². The molecule has 0 spiro atoms. The molecule has 7 heteroatoms. The minimum absolute atomic E-state index is 0. The van der Waals surface area contributed by atoms with Gasteiger partial charge >= 0.3 is 0 Å². The molecule has 0 bridgehead atoms. The number of hydrogen-bond donors (Lipinski definition) is 3. The summed E-state index contributed by atoms with van der Waals surface area (Å²) in [4.78, 5) is 7.16. The van der Waals surface area contributed by atoms with Crippen LogP contribution in [0, 0.1) is 0 Å². The summed E-state index contributed by atoms with van der Waals surface area (Å²) in [5.74, 6) is 1.83. The summed E-state index contributed by atoms with van der Waals surface area (Å²) in [5.41, 5.74) is 1.05. The highest BCUT2D eigenvalue weighted by Crippen LogP contribution is 2.25. The van der Waals surface area contributed by atoms with Crippen molar-refractivity contribution >= 4 is 29.9 Å². The molecule has 6 nitrogen and oxygen atoms in total. The average molecular weight is 516 g/mol. The van der Waals surface area contributed by atoms with Crippen LogP contribution < -0.4 is 10.6 Å². The van der Waals surface area contributed by atoms with Crippen molar-refractivity contribution < 1.29 is 9.52 Å². The molecule has 164 valence electrons. The fourth-order valence-corrected chi connectivity index (χ4v) is 4.21. The van der Waals surface area contributed by atoms with Crippen LogP contribution in [0.3, 0.4) is 0 Å². The number of rotatable bonds is 7. The zero-order valence-corrected chi connectivity index (χ0v) is 19.9. The SMILES string of the molecule is C=C(C)CN=C(NCCc1ccco1)NC1CCN(C2CCCCC2O)CC1.I. The highest BCUT2D eigenvalue weighted by molar-refractivity contribution is 14.0. The molecule has 29 heavy (non-hydrogen) atoms. The number of piperidine rings is 1. The molecule has 3 rings (SSSR count). The van der Waals surface area contributed by atoms with Gasteiger partial charge in [0.2, 0.25) is 0 Å². The van der Waals surface area contributed by atoms with Gasteiger partial charge in [-0.05, 0) is 44.7 Å². The number of aliphatic hydroxyl groups is 1. The normalized spacial score (nSPS) is 24.0. The van der Waals surface area contributed by atoms with Crippen molar-refractivity contribution in [2.45, 2.75) is 70.1 Å². The number of guanidine groups is 1. The average Bonchev–Trinajstić information content (AvgIpc) is 3.20. The largest absolute Gasteiger partial charge is 0.469 e. The van der Waals surface area contributed by atoms with Crippen LogP contribution in [0.2, 0.25) is 0 Å². The maximum Gasteiger partial charge on any atom is 0.191 e. The standard InChI is InChI=1S/C22H36N4O2.HI/c1-17(2)16-24-22(23-12-9-19-6-5-15-28-19)25-18-10-13-26(14-11-18)20-7-3-4-8-21(20)27;/h5-6,15,18,20-21,27H,1,3-4,7-14,16H2,2H3,(H2,23,24,25);1H. The van der Waals surface area contributed by atoms with E-state index in [1.165, 1.54) is 12.8 Å². The zero-order chi connectivity index (χ0) is 19.8. The Morgan fingerprint density at radius 1 is 1.28 bits per heavy atom. The van der Waals surface area contributed by atoms with Crippen LogP contribution in [-0.2, 0) is 6.42 Å². The molecule has 0 radical (unpaired) electrons. The molecular weight excluding hydrogens is 479 g/mol. The van der Waals surface area contributed by atoms with Crippen LogP contribution in [0.1, 0.15) is 51.2 Å². The van der Waals surface area contributed by atoms with Crippen LogP contribution in [0.25, 0.3) is 0 Å². The Bertz CT molecular complexity index is 627. The van der Waals surface area contributed by atoms with Crippen LogP contribution in [0.4, 0.5) is 0 Å². The third-order valence-corrected chi connectivity index (χ3v) is 5.78. The van der Waals surface area contributed by atoms with Crippen LogP contribution in [-0.4, -0.2) is 60.3 Å². The lowest BCUT2D eigenvalue weighted by atomic mass is 9.89. The van der Waals surface area contributed by atoms with Gasteiger partial charge in [-0.1, -0.05) is 25.0 Å². The van der Waals surface area contributed by atoms with Crippen LogP contribution in [0.15, 0.2) is 40.0 Å². The molecule has 2 fully saturated rings. The van der Waals surface area contributed by atoms with E-state index in [0.717, 1.165) is 69.0 Å². The van der Waals surface area contributed by atoms with Gasteiger partial charge in [0.1, 0.15) is 5.76 Å². The van der Waals surface area contributed by atoms with Crippen molar-refractivity contribution in [3.8, 4) is 0 Å². The van der Waals surface area contributed by atoms with Gasteiger partial charge in [-0.3, -0.25) is 4.90 Å². The third kappa shape index (κ3) is 7.94. The number of aliphatic hydroxyl groups excluding tert-OH is 1. The molecular formula is C22H37IN4O2. The molecule has 2 unspecified atom stereocenters. The Labute approximate surface area is 192 Å². The molecule has 2 aliphatic rings. The molecule has 1 saturated heterocycles.